The van der Waals surface area contributed by atoms with E-state index in [2.05, 4.69) is 39.8 Å². The number of hydrogen-bond acceptors (Lipinski definition) is 1. The molecule has 0 heterocycles. The molecule has 0 aliphatic heterocycles. The molecular formula is C21H28O. The van der Waals surface area contributed by atoms with Crippen molar-refractivity contribution in [3.8, 4) is 0 Å². The average molecular weight is 296 g/mol. The molecule has 118 valence electrons. The van der Waals surface area contributed by atoms with Gasteiger partial charge in [-0.15, -0.1) is 0 Å². The van der Waals surface area contributed by atoms with Crippen LogP contribution in [0.5, 0.6) is 0 Å². The molecule has 0 aromatic carbocycles. The predicted molar refractivity (Wildman–Crippen MR) is 90.4 cm³/mol. The van der Waals surface area contributed by atoms with Crippen LogP contribution in [-0.4, -0.2) is 5.78 Å². The van der Waals surface area contributed by atoms with Gasteiger partial charge in [-0.2, -0.15) is 0 Å². The molecule has 0 saturated heterocycles. The van der Waals surface area contributed by atoms with Crippen LogP contribution in [0, 0.1) is 22.7 Å². The Labute approximate surface area is 134 Å². The molecule has 0 aromatic rings. The summed E-state index contributed by atoms with van der Waals surface area (Å²) in [6, 6.07) is 0. The Morgan fingerprint density at radius 3 is 2.59 bits per heavy atom. The monoisotopic (exact) mass is 296 g/mol. The van der Waals surface area contributed by atoms with Crippen molar-refractivity contribution < 1.29 is 4.79 Å². The van der Waals surface area contributed by atoms with E-state index < -0.39 is 0 Å². The van der Waals surface area contributed by atoms with Crippen molar-refractivity contribution in [3.63, 3.8) is 0 Å². The lowest BCUT2D eigenvalue weighted by Crippen LogP contribution is -2.47. The minimum absolute atomic E-state index is 0.277. The number of ketones is 1. The van der Waals surface area contributed by atoms with Crippen LogP contribution >= 0.6 is 0 Å². The summed E-state index contributed by atoms with van der Waals surface area (Å²) in [5.41, 5.74) is 6.49. The molecule has 4 aliphatic carbocycles. The van der Waals surface area contributed by atoms with Gasteiger partial charge in [-0.05, 0) is 68.8 Å². The summed E-state index contributed by atoms with van der Waals surface area (Å²) in [7, 11) is 0. The molecule has 4 atom stereocenters. The van der Waals surface area contributed by atoms with Gasteiger partial charge in [0.25, 0.3) is 0 Å². The first kappa shape index (κ1) is 14.5. The Hall–Kier alpha value is -1.11. The second-order valence-corrected chi connectivity index (χ2v) is 8.54. The van der Waals surface area contributed by atoms with Crippen LogP contribution in [0.4, 0.5) is 0 Å². The smallest absolute Gasteiger partial charge is 0.158 e. The standard InChI is InChI=1S/C21H28O/c1-13-5-7-17-15-6-8-16-14(2)19(22)10-12-21(16,4)18(15)9-11-20(13,17)3/h5,7,15,18H,6,8-12H2,1-4H3/t15-,18-,20+,21-/m0/s1. The van der Waals surface area contributed by atoms with Crippen LogP contribution < -0.4 is 0 Å². The maximum atomic E-state index is 12.2. The molecule has 0 radical (unpaired) electrons. The van der Waals surface area contributed by atoms with E-state index in [0.29, 0.717) is 11.2 Å². The van der Waals surface area contributed by atoms with Gasteiger partial charge < -0.3 is 0 Å². The SMILES string of the molecule is CC1=CC=C2[C@@H]3CCC4=C(C)C(=O)CC[C@]4(C)[C@H]3CC[C@]12C. The molecule has 0 N–H and O–H groups in total. The largest absolute Gasteiger partial charge is 0.295 e. The lowest BCUT2D eigenvalue weighted by atomic mass is 9.48. The molecular weight excluding hydrogens is 268 g/mol. The molecule has 2 saturated carbocycles. The summed E-state index contributed by atoms with van der Waals surface area (Å²) >= 11 is 0. The number of fused-ring (bicyclic) bond motifs is 5. The van der Waals surface area contributed by atoms with E-state index in [9.17, 15) is 4.79 Å². The summed E-state index contributed by atoms with van der Waals surface area (Å²) in [5, 5.41) is 0. The number of rotatable bonds is 0. The fraction of sp³-hybridized carbons (Fsp3) is 0.667. The first-order valence-corrected chi connectivity index (χ1v) is 9.01. The van der Waals surface area contributed by atoms with Crippen LogP contribution in [0.25, 0.3) is 0 Å². The minimum Gasteiger partial charge on any atom is -0.295 e. The highest BCUT2D eigenvalue weighted by Crippen LogP contribution is 2.64. The summed E-state index contributed by atoms with van der Waals surface area (Å²) in [4.78, 5) is 12.2. The van der Waals surface area contributed by atoms with Crippen LogP contribution in [-0.2, 0) is 4.79 Å². The van der Waals surface area contributed by atoms with Crippen molar-refractivity contribution in [3.05, 3.63) is 34.4 Å². The Kier molecular flexibility index (Phi) is 2.94. The summed E-state index contributed by atoms with van der Waals surface area (Å²) < 4.78 is 0. The van der Waals surface area contributed by atoms with Gasteiger partial charge in [0.2, 0.25) is 0 Å². The fourth-order valence-electron chi connectivity index (χ4n) is 6.16. The summed E-state index contributed by atoms with van der Waals surface area (Å²) in [6.45, 7) is 9.32. The molecule has 4 aliphatic rings. The van der Waals surface area contributed by atoms with Crippen LogP contribution in [0.2, 0.25) is 0 Å². The van der Waals surface area contributed by atoms with Gasteiger partial charge in [-0.1, -0.05) is 42.7 Å². The third-order valence-corrected chi connectivity index (χ3v) is 7.82. The van der Waals surface area contributed by atoms with E-state index >= 15 is 0 Å². The zero-order valence-corrected chi connectivity index (χ0v) is 14.5. The van der Waals surface area contributed by atoms with E-state index in [1.807, 2.05) is 0 Å². The quantitative estimate of drug-likeness (QED) is 0.586. The van der Waals surface area contributed by atoms with Crippen molar-refractivity contribution in [1.29, 1.82) is 0 Å². The molecule has 0 bridgehead atoms. The molecule has 0 aromatic heterocycles. The normalized spacial score (nSPS) is 44.1. The van der Waals surface area contributed by atoms with Gasteiger partial charge >= 0.3 is 0 Å². The summed E-state index contributed by atoms with van der Waals surface area (Å²) in [5.74, 6) is 1.89. The van der Waals surface area contributed by atoms with E-state index in [4.69, 9.17) is 0 Å². The maximum absolute atomic E-state index is 12.2. The Morgan fingerprint density at radius 1 is 1.05 bits per heavy atom. The molecule has 4 rings (SSSR count). The van der Waals surface area contributed by atoms with Gasteiger partial charge in [-0.3, -0.25) is 4.79 Å². The highest BCUT2D eigenvalue weighted by molar-refractivity contribution is 5.96. The van der Waals surface area contributed by atoms with Gasteiger partial charge in [0.1, 0.15) is 0 Å². The lowest BCUT2D eigenvalue weighted by molar-refractivity contribution is -0.117. The Bertz CT molecular complexity index is 647. The molecule has 0 amide bonds. The van der Waals surface area contributed by atoms with Gasteiger partial charge in [0.05, 0.1) is 0 Å². The van der Waals surface area contributed by atoms with Gasteiger partial charge in [-0.25, -0.2) is 0 Å². The first-order chi connectivity index (χ1) is 10.4. The molecule has 1 nitrogen and oxygen atoms in total. The predicted octanol–water partition coefficient (Wildman–Crippen LogP) is 5.38. The minimum atomic E-state index is 0.277. The Balaban J connectivity index is 1.76. The van der Waals surface area contributed by atoms with Crippen LogP contribution in [0.1, 0.15) is 66.2 Å². The first-order valence-electron chi connectivity index (χ1n) is 9.01. The van der Waals surface area contributed by atoms with Gasteiger partial charge in [0, 0.05) is 11.8 Å². The number of allylic oxidation sites excluding steroid dienone is 6. The second-order valence-electron chi connectivity index (χ2n) is 8.54. The molecule has 0 spiro atoms. The highest BCUT2D eigenvalue weighted by atomic mass is 16.1. The van der Waals surface area contributed by atoms with Gasteiger partial charge in [0.15, 0.2) is 5.78 Å². The fourth-order valence-corrected chi connectivity index (χ4v) is 6.16. The van der Waals surface area contributed by atoms with Crippen molar-refractivity contribution in [2.24, 2.45) is 22.7 Å². The van der Waals surface area contributed by atoms with E-state index in [-0.39, 0.29) is 5.41 Å². The van der Waals surface area contributed by atoms with Crippen molar-refractivity contribution in [1.82, 2.24) is 0 Å². The van der Waals surface area contributed by atoms with Crippen LogP contribution in [0.15, 0.2) is 34.4 Å². The number of carbonyl (C=O) groups excluding carboxylic acids is 1. The topological polar surface area (TPSA) is 17.1 Å². The van der Waals surface area contributed by atoms with E-state index in [1.165, 1.54) is 24.8 Å². The Morgan fingerprint density at radius 2 is 1.82 bits per heavy atom. The molecule has 1 heteroatoms. The average Bonchev–Trinajstić information content (AvgIpc) is 2.79. The van der Waals surface area contributed by atoms with E-state index in [0.717, 1.165) is 36.7 Å². The van der Waals surface area contributed by atoms with E-state index in [1.54, 1.807) is 11.1 Å². The number of hydrogen-bond donors (Lipinski definition) is 0. The summed E-state index contributed by atoms with van der Waals surface area (Å²) in [6.07, 6.45) is 11.7. The molecule has 2 fully saturated rings. The zero-order valence-electron chi connectivity index (χ0n) is 14.5. The third-order valence-electron chi connectivity index (χ3n) is 7.82. The lowest BCUT2D eigenvalue weighted by Gasteiger charge is -2.56. The van der Waals surface area contributed by atoms with Crippen molar-refractivity contribution in [2.45, 2.75) is 66.2 Å². The third kappa shape index (κ3) is 1.63. The number of carbonyl (C=O) groups is 1. The maximum Gasteiger partial charge on any atom is 0.158 e. The van der Waals surface area contributed by atoms with Crippen molar-refractivity contribution >= 4 is 5.78 Å². The van der Waals surface area contributed by atoms with Crippen LogP contribution in [0.3, 0.4) is 0 Å². The van der Waals surface area contributed by atoms with Crippen molar-refractivity contribution in [2.75, 3.05) is 0 Å². The second kappa shape index (κ2) is 4.46. The number of Topliss-reactive ketones (excluding diaryl/α,β-unsaturated/α-hetero) is 1. The molecule has 0 unspecified atom stereocenters. The highest BCUT2D eigenvalue weighted by Gasteiger charge is 2.54. The zero-order chi connectivity index (χ0) is 15.7. The molecule has 22 heavy (non-hydrogen) atoms.